The molecule has 0 spiro atoms. The second kappa shape index (κ2) is 7.74. The van der Waals surface area contributed by atoms with Gasteiger partial charge in [0.25, 0.3) is 0 Å². The van der Waals surface area contributed by atoms with E-state index in [9.17, 15) is 15.3 Å². The predicted octanol–water partition coefficient (Wildman–Crippen LogP) is 1.00. The Balaban J connectivity index is 3.67. The summed E-state index contributed by atoms with van der Waals surface area (Å²) in [5.41, 5.74) is 0. The summed E-state index contributed by atoms with van der Waals surface area (Å²) in [6.45, 7) is 6.99. The molecule has 82 valence electrons. The third kappa shape index (κ3) is 6.83. The van der Waals surface area contributed by atoms with Crippen LogP contribution in [0.2, 0.25) is 0 Å². The van der Waals surface area contributed by atoms with Gasteiger partial charge in [0, 0.05) is 0 Å². The van der Waals surface area contributed by atoms with Crippen molar-refractivity contribution in [3.63, 3.8) is 0 Å². The van der Waals surface area contributed by atoms with Gasteiger partial charge in [-0.3, -0.25) is 0 Å². The van der Waals surface area contributed by atoms with Crippen molar-refractivity contribution >= 4 is 0 Å². The highest BCUT2D eigenvalue weighted by Crippen LogP contribution is 2.10. The van der Waals surface area contributed by atoms with Gasteiger partial charge in [-0.15, -0.1) is 13.2 Å². The summed E-state index contributed by atoms with van der Waals surface area (Å²) >= 11 is 0. The highest BCUT2D eigenvalue weighted by molar-refractivity contribution is 4.78. The van der Waals surface area contributed by atoms with Gasteiger partial charge in [-0.05, 0) is 25.7 Å². The maximum atomic E-state index is 9.45. The maximum absolute atomic E-state index is 9.45. The molecule has 2 unspecified atom stereocenters. The summed E-state index contributed by atoms with van der Waals surface area (Å²) in [5, 5.41) is 28.1. The van der Waals surface area contributed by atoms with Crippen LogP contribution in [0, 0.1) is 0 Å². The molecule has 14 heavy (non-hydrogen) atoms. The number of aliphatic hydroxyl groups excluding tert-OH is 3. The summed E-state index contributed by atoms with van der Waals surface area (Å²) < 4.78 is 0. The minimum absolute atomic E-state index is 0.278. The fourth-order valence-electron chi connectivity index (χ4n) is 1.30. The summed E-state index contributed by atoms with van der Waals surface area (Å²) in [6, 6.07) is 0. The van der Waals surface area contributed by atoms with E-state index in [0.717, 1.165) is 0 Å². The predicted molar refractivity (Wildman–Crippen MR) is 56.9 cm³/mol. The number of aliphatic hydroxyl groups is 3. The molecular weight excluding hydrogens is 180 g/mol. The van der Waals surface area contributed by atoms with Crippen molar-refractivity contribution in [1.82, 2.24) is 0 Å². The molecule has 0 fully saturated rings. The van der Waals surface area contributed by atoms with E-state index in [1.165, 1.54) is 0 Å². The second-order valence-corrected chi connectivity index (χ2v) is 3.48. The Morgan fingerprint density at radius 1 is 0.786 bits per heavy atom. The molecule has 0 aromatic rings. The quantitative estimate of drug-likeness (QED) is 0.512. The van der Waals surface area contributed by atoms with Gasteiger partial charge in [-0.2, -0.15) is 0 Å². The van der Waals surface area contributed by atoms with E-state index < -0.39 is 18.3 Å². The standard InChI is InChI=1S/C11H20O3/c1-3-5-9(12)7-11(14)8-10(13)6-4-2/h3-4,9-14H,1-2,5-8H2. The van der Waals surface area contributed by atoms with Gasteiger partial charge in [0.05, 0.1) is 18.3 Å². The molecule has 2 atom stereocenters. The normalized spacial score (nSPS) is 17.1. The van der Waals surface area contributed by atoms with Crippen molar-refractivity contribution in [1.29, 1.82) is 0 Å². The zero-order valence-electron chi connectivity index (χ0n) is 8.47. The zero-order valence-corrected chi connectivity index (χ0v) is 8.47. The lowest BCUT2D eigenvalue weighted by atomic mass is 10.0. The van der Waals surface area contributed by atoms with E-state index in [0.29, 0.717) is 12.8 Å². The molecule has 0 aromatic heterocycles. The van der Waals surface area contributed by atoms with Gasteiger partial charge in [-0.25, -0.2) is 0 Å². The van der Waals surface area contributed by atoms with Crippen LogP contribution in [-0.2, 0) is 0 Å². The Morgan fingerprint density at radius 3 is 1.43 bits per heavy atom. The van der Waals surface area contributed by atoms with E-state index >= 15 is 0 Å². The Bertz CT molecular complexity index is 150. The molecule has 3 nitrogen and oxygen atoms in total. The molecule has 0 saturated carbocycles. The van der Waals surface area contributed by atoms with Crippen LogP contribution in [0.25, 0.3) is 0 Å². The molecule has 0 rings (SSSR count). The van der Waals surface area contributed by atoms with Crippen molar-refractivity contribution in [2.24, 2.45) is 0 Å². The van der Waals surface area contributed by atoms with Crippen molar-refractivity contribution in [3.8, 4) is 0 Å². The topological polar surface area (TPSA) is 60.7 Å². The Morgan fingerprint density at radius 2 is 1.14 bits per heavy atom. The summed E-state index contributed by atoms with van der Waals surface area (Å²) in [4.78, 5) is 0. The van der Waals surface area contributed by atoms with Crippen LogP contribution >= 0.6 is 0 Å². The SMILES string of the molecule is C=CCC(O)CC(O)CC(O)CC=C. The third-order valence-electron chi connectivity index (χ3n) is 1.97. The molecule has 0 amide bonds. The average Bonchev–Trinajstić information content (AvgIpc) is 2.03. The molecule has 0 aliphatic carbocycles. The van der Waals surface area contributed by atoms with Crippen LogP contribution in [0.4, 0.5) is 0 Å². The van der Waals surface area contributed by atoms with Crippen LogP contribution < -0.4 is 0 Å². The molecule has 0 radical (unpaired) electrons. The van der Waals surface area contributed by atoms with Crippen LogP contribution in [0.1, 0.15) is 25.7 Å². The van der Waals surface area contributed by atoms with Crippen molar-refractivity contribution < 1.29 is 15.3 Å². The smallest absolute Gasteiger partial charge is 0.0599 e. The summed E-state index contributed by atoms with van der Waals surface area (Å²) in [5.74, 6) is 0. The monoisotopic (exact) mass is 200 g/mol. The van der Waals surface area contributed by atoms with E-state index in [4.69, 9.17) is 0 Å². The molecule has 0 heterocycles. The molecule has 0 aliphatic rings. The first-order chi connectivity index (χ1) is 6.60. The lowest BCUT2D eigenvalue weighted by molar-refractivity contribution is 0.0417. The molecule has 3 heteroatoms. The fraction of sp³-hybridized carbons (Fsp3) is 0.636. The van der Waals surface area contributed by atoms with E-state index in [-0.39, 0.29) is 12.8 Å². The Labute approximate surface area is 85.4 Å². The first-order valence-corrected chi connectivity index (χ1v) is 4.86. The van der Waals surface area contributed by atoms with Gasteiger partial charge < -0.3 is 15.3 Å². The second-order valence-electron chi connectivity index (χ2n) is 3.48. The summed E-state index contributed by atoms with van der Waals surface area (Å²) in [6.07, 6.45) is 2.90. The van der Waals surface area contributed by atoms with Crippen molar-refractivity contribution in [3.05, 3.63) is 25.3 Å². The van der Waals surface area contributed by atoms with Crippen molar-refractivity contribution in [2.75, 3.05) is 0 Å². The Hall–Kier alpha value is -0.640. The lowest BCUT2D eigenvalue weighted by Gasteiger charge is -2.16. The van der Waals surface area contributed by atoms with Crippen LogP contribution in [-0.4, -0.2) is 33.6 Å². The molecule has 0 bridgehead atoms. The van der Waals surface area contributed by atoms with Gasteiger partial charge in [0.2, 0.25) is 0 Å². The van der Waals surface area contributed by atoms with E-state index in [2.05, 4.69) is 13.2 Å². The van der Waals surface area contributed by atoms with Crippen LogP contribution in [0.3, 0.4) is 0 Å². The third-order valence-corrected chi connectivity index (χ3v) is 1.97. The minimum atomic E-state index is -0.667. The highest BCUT2D eigenvalue weighted by atomic mass is 16.3. The summed E-state index contributed by atoms with van der Waals surface area (Å²) in [7, 11) is 0. The van der Waals surface area contributed by atoms with Crippen LogP contribution in [0.15, 0.2) is 25.3 Å². The van der Waals surface area contributed by atoms with Gasteiger partial charge in [0.1, 0.15) is 0 Å². The number of hydrogen-bond donors (Lipinski definition) is 3. The first-order valence-electron chi connectivity index (χ1n) is 4.86. The zero-order chi connectivity index (χ0) is 11.0. The minimum Gasteiger partial charge on any atom is -0.393 e. The highest BCUT2D eigenvalue weighted by Gasteiger charge is 2.14. The molecule has 3 N–H and O–H groups in total. The maximum Gasteiger partial charge on any atom is 0.0599 e. The molecule has 0 aromatic carbocycles. The Kier molecular flexibility index (Phi) is 7.38. The van der Waals surface area contributed by atoms with E-state index in [1.54, 1.807) is 12.2 Å². The fourth-order valence-corrected chi connectivity index (χ4v) is 1.30. The largest absolute Gasteiger partial charge is 0.393 e. The van der Waals surface area contributed by atoms with Gasteiger partial charge >= 0.3 is 0 Å². The lowest BCUT2D eigenvalue weighted by Crippen LogP contribution is -2.22. The van der Waals surface area contributed by atoms with Crippen LogP contribution in [0.5, 0.6) is 0 Å². The molecular formula is C11H20O3. The van der Waals surface area contributed by atoms with Gasteiger partial charge in [-0.1, -0.05) is 12.2 Å². The average molecular weight is 200 g/mol. The first kappa shape index (κ1) is 13.4. The van der Waals surface area contributed by atoms with Gasteiger partial charge in [0.15, 0.2) is 0 Å². The molecule has 0 aliphatic heterocycles. The number of rotatable bonds is 8. The van der Waals surface area contributed by atoms with Crippen molar-refractivity contribution in [2.45, 2.75) is 44.0 Å². The van der Waals surface area contributed by atoms with E-state index in [1.807, 2.05) is 0 Å². The number of hydrogen-bond acceptors (Lipinski definition) is 3. The molecule has 0 saturated heterocycles.